The van der Waals surface area contributed by atoms with Crippen LogP contribution in [0.2, 0.25) is 0 Å². The summed E-state index contributed by atoms with van der Waals surface area (Å²) in [5.74, 6) is 0.356. The Morgan fingerprint density at radius 2 is 2.10 bits per heavy atom. The van der Waals surface area contributed by atoms with Gasteiger partial charge in [-0.1, -0.05) is 24.3 Å². The van der Waals surface area contributed by atoms with E-state index in [0.717, 1.165) is 4.47 Å². The fraction of sp³-hybridized carbons (Fsp3) is 0.0667. The number of hydrogen-bond donors (Lipinski definition) is 2. The summed E-state index contributed by atoms with van der Waals surface area (Å²) >= 11 is 3.33. The molecule has 0 saturated carbocycles. The van der Waals surface area contributed by atoms with Crippen molar-refractivity contribution in [3.05, 3.63) is 58.6 Å². The van der Waals surface area contributed by atoms with Crippen LogP contribution in [0.15, 0.2) is 58.1 Å². The molecule has 2 rings (SSSR count). The number of nitrogens with zero attached hydrogens (tertiary/aromatic N) is 1. The second-order valence-electron chi connectivity index (χ2n) is 4.11. The summed E-state index contributed by atoms with van der Waals surface area (Å²) in [7, 11) is 0. The molecule has 2 aromatic rings. The quantitative estimate of drug-likeness (QED) is 0.644. The highest BCUT2D eigenvalue weighted by Crippen LogP contribution is 2.23. The number of rotatable bonds is 5. The molecule has 1 amide bonds. The van der Waals surface area contributed by atoms with E-state index in [0.29, 0.717) is 11.3 Å². The monoisotopic (exact) mass is 348 g/mol. The van der Waals surface area contributed by atoms with Gasteiger partial charge >= 0.3 is 0 Å². The van der Waals surface area contributed by atoms with Gasteiger partial charge in [-0.05, 0) is 45.8 Å². The van der Waals surface area contributed by atoms with Crippen LogP contribution in [-0.4, -0.2) is 23.8 Å². The van der Waals surface area contributed by atoms with Crippen LogP contribution in [0, 0.1) is 0 Å². The number of phenolic OH excluding ortho intramolecular Hbond substituents is 1. The summed E-state index contributed by atoms with van der Waals surface area (Å²) in [4.78, 5) is 11.6. The van der Waals surface area contributed by atoms with Crippen molar-refractivity contribution in [1.82, 2.24) is 5.43 Å². The molecule has 108 valence electrons. The minimum Gasteiger partial charge on any atom is -0.508 e. The molecule has 0 heterocycles. The standard InChI is InChI=1S/C15H13BrN2O3/c16-13-6-1-2-7-14(13)21-10-15(20)18-17-9-11-4-3-5-12(19)8-11/h1-9,19H,10H2,(H,18,20)/b17-9+. The highest BCUT2D eigenvalue weighted by Gasteiger charge is 2.03. The Morgan fingerprint density at radius 3 is 2.86 bits per heavy atom. The maximum atomic E-state index is 11.6. The first-order valence-corrected chi connectivity index (χ1v) is 6.93. The molecule has 21 heavy (non-hydrogen) atoms. The van der Waals surface area contributed by atoms with Gasteiger partial charge in [-0.3, -0.25) is 4.79 Å². The zero-order valence-corrected chi connectivity index (χ0v) is 12.6. The lowest BCUT2D eigenvalue weighted by Gasteiger charge is -2.06. The molecule has 5 nitrogen and oxygen atoms in total. The first-order valence-electron chi connectivity index (χ1n) is 6.13. The Labute approximate surface area is 130 Å². The van der Waals surface area contributed by atoms with Gasteiger partial charge in [0.2, 0.25) is 0 Å². The predicted molar refractivity (Wildman–Crippen MR) is 83.5 cm³/mol. The number of hydrazone groups is 1. The molecule has 0 aromatic heterocycles. The van der Waals surface area contributed by atoms with E-state index >= 15 is 0 Å². The first kappa shape index (κ1) is 15.1. The van der Waals surface area contributed by atoms with E-state index in [1.54, 1.807) is 24.3 Å². The van der Waals surface area contributed by atoms with E-state index in [1.807, 2.05) is 18.2 Å². The third kappa shape index (κ3) is 4.92. The number of amides is 1. The van der Waals surface area contributed by atoms with Crippen molar-refractivity contribution in [1.29, 1.82) is 0 Å². The van der Waals surface area contributed by atoms with Gasteiger partial charge in [-0.25, -0.2) is 5.43 Å². The minimum atomic E-state index is -0.373. The highest BCUT2D eigenvalue weighted by atomic mass is 79.9. The zero-order chi connectivity index (χ0) is 15.1. The number of phenols is 1. The molecule has 0 spiro atoms. The third-order valence-corrected chi connectivity index (χ3v) is 3.12. The summed E-state index contributed by atoms with van der Waals surface area (Å²) in [6.45, 7) is -0.139. The lowest BCUT2D eigenvalue weighted by molar-refractivity contribution is -0.123. The average molecular weight is 349 g/mol. The van der Waals surface area contributed by atoms with Crippen molar-refractivity contribution in [3.8, 4) is 11.5 Å². The smallest absolute Gasteiger partial charge is 0.277 e. The highest BCUT2D eigenvalue weighted by molar-refractivity contribution is 9.10. The zero-order valence-electron chi connectivity index (χ0n) is 11.0. The van der Waals surface area contributed by atoms with Gasteiger partial charge in [-0.2, -0.15) is 5.10 Å². The molecule has 0 saturated heterocycles. The molecule has 0 aliphatic heterocycles. The molecule has 0 unspecified atom stereocenters. The van der Waals surface area contributed by atoms with Crippen molar-refractivity contribution in [2.45, 2.75) is 0 Å². The molecule has 0 radical (unpaired) electrons. The van der Waals surface area contributed by atoms with Crippen LogP contribution >= 0.6 is 15.9 Å². The van der Waals surface area contributed by atoms with Crippen LogP contribution in [0.1, 0.15) is 5.56 Å². The maximum Gasteiger partial charge on any atom is 0.277 e. The summed E-state index contributed by atoms with van der Waals surface area (Å²) in [5.41, 5.74) is 3.03. The Balaban J connectivity index is 1.81. The fourth-order valence-electron chi connectivity index (χ4n) is 1.52. The molecule has 0 atom stereocenters. The van der Waals surface area contributed by atoms with Crippen molar-refractivity contribution in [2.75, 3.05) is 6.61 Å². The lowest BCUT2D eigenvalue weighted by atomic mass is 10.2. The number of carbonyl (C=O) groups excluding carboxylic acids is 1. The van der Waals surface area contributed by atoms with E-state index in [-0.39, 0.29) is 18.3 Å². The van der Waals surface area contributed by atoms with Gasteiger partial charge in [0.1, 0.15) is 11.5 Å². The Morgan fingerprint density at radius 1 is 1.29 bits per heavy atom. The van der Waals surface area contributed by atoms with Crippen molar-refractivity contribution in [2.24, 2.45) is 5.10 Å². The second-order valence-corrected chi connectivity index (χ2v) is 4.96. The second kappa shape index (κ2) is 7.44. The van der Waals surface area contributed by atoms with E-state index in [2.05, 4.69) is 26.5 Å². The Bertz CT molecular complexity index is 659. The molecule has 0 fully saturated rings. The molecule has 2 N–H and O–H groups in total. The SMILES string of the molecule is O=C(COc1ccccc1Br)N/N=C/c1cccc(O)c1. The molecular weight excluding hydrogens is 336 g/mol. The van der Waals surface area contributed by atoms with Gasteiger partial charge in [0.15, 0.2) is 6.61 Å². The predicted octanol–water partition coefficient (Wildman–Crippen LogP) is 2.68. The number of hydrogen-bond acceptors (Lipinski definition) is 4. The van der Waals surface area contributed by atoms with Crippen molar-refractivity contribution >= 4 is 28.1 Å². The number of benzene rings is 2. The van der Waals surface area contributed by atoms with E-state index in [4.69, 9.17) is 4.74 Å². The third-order valence-electron chi connectivity index (χ3n) is 2.47. The Hall–Kier alpha value is -2.34. The van der Waals surface area contributed by atoms with Crippen LogP contribution in [-0.2, 0) is 4.79 Å². The number of aromatic hydroxyl groups is 1. The van der Waals surface area contributed by atoms with E-state index < -0.39 is 0 Å². The molecule has 0 aliphatic carbocycles. The summed E-state index contributed by atoms with van der Waals surface area (Å²) < 4.78 is 6.13. The Kier molecular flexibility index (Phi) is 5.34. The van der Waals surface area contributed by atoms with Gasteiger partial charge in [0, 0.05) is 0 Å². The summed E-state index contributed by atoms with van der Waals surface area (Å²) in [6, 6.07) is 13.8. The van der Waals surface area contributed by atoms with Crippen LogP contribution < -0.4 is 10.2 Å². The molecule has 2 aromatic carbocycles. The van der Waals surface area contributed by atoms with Crippen LogP contribution in [0.25, 0.3) is 0 Å². The molecule has 6 heteroatoms. The fourth-order valence-corrected chi connectivity index (χ4v) is 1.92. The van der Waals surface area contributed by atoms with Crippen molar-refractivity contribution in [3.63, 3.8) is 0 Å². The lowest BCUT2D eigenvalue weighted by Crippen LogP contribution is -2.24. The number of carbonyl (C=O) groups is 1. The molecule has 0 aliphatic rings. The minimum absolute atomic E-state index is 0.139. The molecule has 0 bridgehead atoms. The topological polar surface area (TPSA) is 70.9 Å². The van der Waals surface area contributed by atoms with Gasteiger partial charge in [0.25, 0.3) is 5.91 Å². The number of para-hydroxylation sites is 1. The van der Waals surface area contributed by atoms with Crippen LogP contribution in [0.4, 0.5) is 0 Å². The van der Waals surface area contributed by atoms with Gasteiger partial charge in [0.05, 0.1) is 10.7 Å². The first-order chi connectivity index (χ1) is 10.1. The molecular formula is C15H13BrN2O3. The number of nitrogens with one attached hydrogen (secondary N) is 1. The number of ether oxygens (including phenoxy) is 1. The van der Waals surface area contributed by atoms with Gasteiger partial charge in [-0.15, -0.1) is 0 Å². The van der Waals surface area contributed by atoms with Crippen LogP contribution in [0.3, 0.4) is 0 Å². The van der Waals surface area contributed by atoms with Crippen LogP contribution in [0.5, 0.6) is 11.5 Å². The van der Waals surface area contributed by atoms with Crippen molar-refractivity contribution < 1.29 is 14.6 Å². The largest absolute Gasteiger partial charge is 0.508 e. The van der Waals surface area contributed by atoms with Gasteiger partial charge < -0.3 is 9.84 Å². The van der Waals surface area contributed by atoms with E-state index in [9.17, 15) is 9.90 Å². The summed E-state index contributed by atoms with van der Waals surface area (Å²) in [6.07, 6.45) is 1.44. The normalized spacial score (nSPS) is 10.5. The van der Waals surface area contributed by atoms with E-state index in [1.165, 1.54) is 12.3 Å². The maximum absolute atomic E-state index is 11.6. The average Bonchev–Trinajstić information content (AvgIpc) is 2.46. The summed E-state index contributed by atoms with van der Waals surface area (Å²) in [5, 5.41) is 13.1. The number of halogens is 1.